The quantitative estimate of drug-likeness (QED) is 0.849. The van der Waals surface area contributed by atoms with Crippen LogP contribution in [0.3, 0.4) is 0 Å². The highest BCUT2D eigenvalue weighted by molar-refractivity contribution is 9.10. The predicted molar refractivity (Wildman–Crippen MR) is 71.3 cm³/mol. The molecule has 1 N–H and O–H groups in total. The summed E-state index contributed by atoms with van der Waals surface area (Å²) in [7, 11) is 0. The van der Waals surface area contributed by atoms with Gasteiger partial charge >= 0.3 is 0 Å². The van der Waals surface area contributed by atoms with Crippen LogP contribution in [0.4, 0.5) is 10.1 Å². The van der Waals surface area contributed by atoms with Crippen LogP contribution in [-0.2, 0) is 0 Å². The first-order valence-corrected chi connectivity index (χ1v) is 6.11. The molecule has 0 atom stereocenters. The molecule has 92 valence electrons. The molecule has 0 aliphatic heterocycles. The lowest BCUT2D eigenvalue weighted by Crippen LogP contribution is -2.12. The number of hydrogen-bond acceptors (Lipinski definition) is 2. The molecule has 0 unspecified atom stereocenters. The van der Waals surface area contributed by atoms with Crippen molar-refractivity contribution in [1.29, 1.82) is 0 Å². The maximum absolute atomic E-state index is 13.2. The van der Waals surface area contributed by atoms with Crippen molar-refractivity contribution in [1.82, 2.24) is 4.98 Å². The van der Waals surface area contributed by atoms with Gasteiger partial charge in [0.05, 0.1) is 5.69 Å². The van der Waals surface area contributed by atoms with Crippen LogP contribution < -0.4 is 5.32 Å². The fourth-order valence-corrected chi connectivity index (χ4v) is 1.99. The van der Waals surface area contributed by atoms with E-state index >= 15 is 0 Å². The zero-order valence-corrected chi connectivity index (χ0v) is 11.3. The summed E-state index contributed by atoms with van der Waals surface area (Å²) in [6.45, 7) is 0. The third-order valence-corrected chi connectivity index (χ3v) is 2.89. The van der Waals surface area contributed by atoms with Gasteiger partial charge in [-0.05, 0) is 30.3 Å². The Morgan fingerprint density at radius 3 is 2.83 bits per heavy atom. The Kier molecular flexibility index (Phi) is 3.93. The number of halogens is 3. The lowest BCUT2D eigenvalue weighted by Gasteiger charge is -2.06. The fourth-order valence-electron chi connectivity index (χ4n) is 1.36. The van der Waals surface area contributed by atoms with Crippen molar-refractivity contribution < 1.29 is 9.18 Å². The number of pyridine rings is 1. The van der Waals surface area contributed by atoms with Crippen LogP contribution in [0.15, 0.2) is 41.0 Å². The maximum Gasteiger partial charge on any atom is 0.255 e. The summed E-state index contributed by atoms with van der Waals surface area (Å²) in [5, 5.41) is 2.74. The average molecular weight is 330 g/mol. The van der Waals surface area contributed by atoms with Crippen molar-refractivity contribution in [2.45, 2.75) is 0 Å². The Hall–Kier alpha value is -1.46. The Labute approximate surface area is 116 Å². The molecule has 0 aliphatic carbocycles. The van der Waals surface area contributed by atoms with Crippen molar-refractivity contribution in [2.24, 2.45) is 0 Å². The van der Waals surface area contributed by atoms with Crippen molar-refractivity contribution >= 4 is 39.1 Å². The molecule has 0 saturated heterocycles. The molecule has 0 spiro atoms. The predicted octanol–water partition coefficient (Wildman–Crippen LogP) is 3.89. The number of nitrogens with one attached hydrogen (secondary N) is 1. The number of carbonyl (C=O) groups is 1. The number of rotatable bonds is 2. The first-order chi connectivity index (χ1) is 8.56. The highest BCUT2D eigenvalue weighted by Crippen LogP contribution is 2.20. The van der Waals surface area contributed by atoms with Gasteiger partial charge < -0.3 is 5.32 Å². The van der Waals surface area contributed by atoms with Crippen LogP contribution in [-0.4, -0.2) is 10.9 Å². The molecular formula is C12H7BrClFN2O. The van der Waals surface area contributed by atoms with Gasteiger partial charge in [-0.25, -0.2) is 9.37 Å². The minimum absolute atomic E-state index is 0.182. The van der Waals surface area contributed by atoms with E-state index in [1.54, 1.807) is 12.1 Å². The van der Waals surface area contributed by atoms with Crippen molar-refractivity contribution in [3.05, 3.63) is 57.5 Å². The molecule has 0 bridgehead atoms. The number of hydrogen-bond donors (Lipinski definition) is 1. The normalized spacial score (nSPS) is 10.2. The molecule has 1 aromatic carbocycles. The zero-order chi connectivity index (χ0) is 13.1. The summed E-state index contributed by atoms with van der Waals surface area (Å²) >= 11 is 8.93. The summed E-state index contributed by atoms with van der Waals surface area (Å²) in [6, 6.07) is 7.19. The SMILES string of the molecule is O=C(Nc1cccnc1Cl)c1cc(F)cc(Br)c1. The largest absolute Gasteiger partial charge is 0.319 e. The van der Waals surface area contributed by atoms with Gasteiger partial charge in [0.1, 0.15) is 5.82 Å². The van der Waals surface area contributed by atoms with Gasteiger partial charge in [-0.2, -0.15) is 0 Å². The molecule has 6 heteroatoms. The summed E-state index contributed by atoms with van der Waals surface area (Å²) in [5.41, 5.74) is 0.575. The number of anilines is 1. The van der Waals surface area contributed by atoms with Gasteiger partial charge in [-0.1, -0.05) is 27.5 Å². The second-order valence-electron chi connectivity index (χ2n) is 3.45. The van der Waals surface area contributed by atoms with E-state index in [4.69, 9.17) is 11.6 Å². The zero-order valence-electron chi connectivity index (χ0n) is 8.95. The first kappa shape index (κ1) is 13.0. The van der Waals surface area contributed by atoms with Crippen LogP contribution in [0, 0.1) is 5.82 Å². The van der Waals surface area contributed by atoms with Crippen LogP contribution in [0.1, 0.15) is 10.4 Å². The molecule has 2 rings (SSSR count). The van der Waals surface area contributed by atoms with Crippen LogP contribution >= 0.6 is 27.5 Å². The smallest absolute Gasteiger partial charge is 0.255 e. The number of amides is 1. The minimum atomic E-state index is -0.494. The molecule has 1 amide bonds. The summed E-state index contributed by atoms with van der Waals surface area (Å²) in [6.07, 6.45) is 1.51. The number of benzene rings is 1. The molecule has 1 aromatic heterocycles. The Morgan fingerprint density at radius 2 is 2.17 bits per heavy atom. The third kappa shape index (κ3) is 3.05. The molecule has 3 nitrogen and oxygen atoms in total. The Bertz CT molecular complexity index is 586. The number of aromatic nitrogens is 1. The molecule has 2 aromatic rings. The maximum atomic E-state index is 13.2. The van der Waals surface area contributed by atoms with Gasteiger partial charge in [0.15, 0.2) is 5.15 Å². The average Bonchev–Trinajstić information content (AvgIpc) is 2.31. The lowest BCUT2D eigenvalue weighted by molar-refractivity contribution is 0.102. The van der Waals surface area contributed by atoms with E-state index in [1.807, 2.05) is 0 Å². The Morgan fingerprint density at radius 1 is 1.39 bits per heavy atom. The Balaban J connectivity index is 2.25. The lowest BCUT2D eigenvalue weighted by atomic mass is 10.2. The van der Waals surface area contributed by atoms with Crippen molar-refractivity contribution in [3.63, 3.8) is 0 Å². The van der Waals surface area contributed by atoms with Gasteiger partial charge in [0.2, 0.25) is 0 Å². The third-order valence-electron chi connectivity index (χ3n) is 2.13. The standard InChI is InChI=1S/C12H7BrClFN2O/c13-8-4-7(5-9(15)6-8)12(18)17-10-2-1-3-16-11(10)14/h1-6H,(H,17,18). The fraction of sp³-hybridized carbons (Fsp3) is 0. The number of carbonyl (C=O) groups excluding carboxylic acids is 1. The topological polar surface area (TPSA) is 42.0 Å². The second kappa shape index (κ2) is 5.46. The minimum Gasteiger partial charge on any atom is -0.319 e. The summed E-state index contributed by atoms with van der Waals surface area (Å²) in [4.78, 5) is 15.7. The second-order valence-corrected chi connectivity index (χ2v) is 4.73. The van der Waals surface area contributed by atoms with E-state index in [9.17, 15) is 9.18 Å². The van der Waals surface area contributed by atoms with Gasteiger partial charge in [0.25, 0.3) is 5.91 Å². The molecule has 1 heterocycles. The van der Waals surface area contributed by atoms with Gasteiger partial charge in [0, 0.05) is 16.2 Å². The summed E-state index contributed by atoms with van der Waals surface area (Å²) in [5.74, 6) is -0.947. The van der Waals surface area contributed by atoms with E-state index < -0.39 is 11.7 Å². The highest BCUT2D eigenvalue weighted by Gasteiger charge is 2.10. The molecular weight excluding hydrogens is 322 g/mol. The van der Waals surface area contributed by atoms with E-state index in [-0.39, 0.29) is 10.7 Å². The van der Waals surface area contributed by atoms with Crippen LogP contribution in [0.25, 0.3) is 0 Å². The molecule has 18 heavy (non-hydrogen) atoms. The van der Waals surface area contributed by atoms with Crippen molar-refractivity contribution in [3.8, 4) is 0 Å². The van der Waals surface area contributed by atoms with Gasteiger partial charge in [-0.3, -0.25) is 4.79 Å². The molecule has 0 saturated carbocycles. The monoisotopic (exact) mass is 328 g/mol. The van der Waals surface area contributed by atoms with Crippen LogP contribution in [0.5, 0.6) is 0 Å². The van der Waals surface area contributed by atoms with E-state index in [0.717, 1.165) is 6.07 Å². The van der Waals surface area contributed by atoms with Gasteiger partial charge in [-0.15, -0.1) is 0 Å². The van der Waals surface area contributed by atoms with E-state index in [0.29, 0.717) is 10.2 Å². The van der Waals surface area contributed by atoms with E-state index in [2.05, 4.69) is 26.2 Å². The molecule has 0 radical (unpaired) electrons. The van der Waals surface area contributed by atoms with E-state index in [1.165, 1.54) is 18.3 Å². The highest BCUT2D eigenvalue weighted by atomic mass is 79.9. The van der Waals surface area contributed by atoms with Crippen LogP contribution in [0.2, 0.25) is 5.15 Å². The number of nitrogens with zero attached hydrogens (tertiary/aromatic N) is 1. The first-order valence-electron chi connectivity index (χ1n) is 4.94. The summed E-state index contributed by atoms with van der Waals surface area (Å²) < 4.78 is 13.6. The molecule has 0 aliphatic rings. The molecule has 0 fully saturated rings. The van der Waals surface area contributed by atoms with Crippen molar-refractivity contribution in [2.75, 3.05) is 5.32 Å².